The van der Waals surface area contributed by atoms with Gasteiger partial charge in [-0.2, -0.15) is 10.1 Å². The number of nitrogens with zero attached hydrogens (tertiary/aromatic N) is 6. The number of fused-ring (bicyclic) bond motifs is 1. The van der Waals surface area contributed by atoms with Crippen LogP contribution in [0.3, 0.4) is 0 Å². The van der Waals surface area contributed by atoms with Crippen molar-refractivity contribution in [3.8, 4) is 23.1 Å². The summed E-state index contributed by atoms with van der Waals surface area (Å²) in [6.45, 7) is 9.84. The van der Waals surface area contributed by atoms with Crippen LogP contribution < -0.4 is 19.7 Å². The molecule has 0 unspecified atom stereocenters. The SMILES string of the molecule is CC(C)(C)Oc1ncc(-c2cc(N3C[C@H](OC(=O)Nc4ccc(F)cc4F)C(F)(F)C3)c3nccn3n2)c(OC(C)(C)C)n1. The van der Waals surface area contributed by atoms with Crippen molar-refractivity contribution in [3.63, 3.8) is 0 Å². The van der Waals surface area contributed by atoms with Crippen molar-refractivity contribution in [2.24, 2.45) is 0 Å². The number of carbonyl (C=O) groups is 1. The fourth-order valence-corrected chi connectivity index (χ4v) is 4.40. The van der Waals surface area contributed by atoms with Gasteiger partial charge in [0.1, 0.15) is 28.5 Å². The molecule has 0 bridgehead atoms. The molecule has 15 heteroatoms. The van der Waals surface area contributed by atoms with Crippen LogP contribution in [-0.2, 0) is 4.74 Å². The Bertz CT molecular complexity index is 1700. The Balaban J connectivity index is 1.46. The van der Waals surface area contributed by atoms with E-state index in [1.54, 1.807) is 12.3 Å². The van der Waals surface area contributed by atoms with Gasteiger partial charge in [-0.05, 0) is 59.7 Å². The monoisotopic (exact) mass is 617 g/mol. The number of aromatic nitrogens is 5. The fraction of sp³-hybridized carbons (Fsp3) is 0.414. The number of anilines is 2. The number of amides is 1. The standard InChI is InChI=1S/C29H31F4N7O4/c1-27(2,3)43-24-17(13-35-25(37-24)44-28(4,5)6)20-12-21(23-34-9-10-40(23)38-20)39-14-22(29(32,33)15-39)42-26(41)36-19-8-7-16(30)11-18(19)31/h7-13,22H,14-15H2,1-6H3,(H,36,41)/t22-/m0/s1. The second-order valence-corrected chi connectivity index (χ2v) is 12.2. The van der Waals surface area contributed by atoms with E-state index in [0.29, 0.717) is 17.3 Å². The van der Waals surface area contributed by atoms with Crippen molar-refractivity contribution < 1.29 is 36.6 Å². The lowest BCUT2D eigenvalue weighted by molar-refractivity contribution is -0.0735. The molecule has 1 fully saturated rings. The van der Waals surface area contributed by atoms with E-state index in [2.05, 4.69) is 20.1 Å². The molecule has 44 heavy (non-hydrogen) atoms. The first-order valence-corrected chi connectivity index (χ1v) is 13.6. The van der Waals surface area contributed by atoms with Gasteiger partial charge in [-0.15, -0.1) is 0 Å². The first kappa shape index (κ1) is 30.8. The molecule has 1 aromatic carbocycles. The van der Waals surface area contributed by atoms with Crippen LogP contribution >= 0.6 is 0 Å². The number of alkyl halides is 2. The summed E-state index contributed by atoms with van der Waals surface area (Å²) in [6.07, 6.45) is 1.29. The molecule has 1 aliphatic heterocycles. The van der Waals surface area contributed by atoms with Crippen molar-refractivity contribution in [2.45, 2.75) is 64.8 Å². The van der Waals surface area contributed by atoms with E-state index in [9.17, 15) is 13.6 Å². The zero-order valence-corrected chi connectivity index (χ0v) is 24.9. The average molecular weight is 618 g/mol. The molecule has 3 aromatic heterocycles. The first-order chi connectivity index (χ1) is 20.5. The summed E-state index contributed by atoms with van der Waals surface area (Å²) in [5, 5.41) is 6.62. The second kappa shape index (κ2) is 11.1. The summed E-state index contributed by atoms with van der Waals surface area (Å²) < 4.78 is 75.9. The highest BCUT2D eigenvalue weighted by atomic mass is 19.3. The number of benzene rings is 1. The van der Waals surface area contributed by atoms with E-state index in [4.69, 9.17) is 14.2 Å². The van der Waals surface area contributed by atoms with Crippen LogP contribution in [0, 0.1) is 11.6 Å². The Kier molecular flexibility index (Phi) is 7.76. The summed E-state index contributed by atoms with van der Waals surface area (Å²) in [5.41, 5.74) is -0.444. The maximum Gasteiger partial charge on any atom is 0.412 e. The molecule has 1 N–H and O–H groups in total. The van der Waals surface area contributed by atoms with E-state index in [-0.39, 0.29) is 23.2 Å². The number of hydrogen-bond acceptors (Lipinski definition) is 9. The van der Waals surface area contributed by atoms with Crippen molar-refractivity contribution in [1.29, 1.82) is 0 Å². The Morgan fingerprint density at radius 1 is 1.05 bits per heavy atom. The first-order valence-electron chi connectivity index (χ1n) is 13.6. The maximum atomic E-state index is 15.2. The molecule has 0 radical (unpaired) electrons. The third kappa shape index (κ3) is 6.92. The molecule has 1 atom stereocenters. The molecular formula is C29H31F4N7O4. The highest BCUT2D eigenvalue weighted by molar-refractivity contribution is 5.85. The van der Waals surface area contributed by atoms with E-state index in [0.717, 1.165) is 12.1 Å². The molecule has 0 aliphatic carbocycles. The van der Waals surface area contributed by atoms with E-state index in [1.807, 2.05) is 46.9 Å². The molecule has 4 heterocycles. The lowest BCUT2D eigenvalue weighted by Gasteiger charge is -2.24. The van der Waals surface area contributed by atoms with Crippen LogP contribution in [-0.4, -0.2) is 67.0 Å². The van der Waals surface area contributed by atoms with E-state index >= 15 is 8.78 Å². The lowest BCUT2D eigenvalue weighted by Crippen LogP contribution is -2.37. The minimum atomic E-state index is -3.48. The van der Waals surface area contributed by atoms with Crippen molar-refractivity contribution in [3.05, 3.63) is 54.5 Å². The van der Waals surface area contributed by atoms with Gasteiger partial charge in [-0.1, -0.05) is 0 Å². The number of halogens is 4. The lowest BCUT2D eigenvalue weighted by atomic mass is 10.1. The molecule has 0 saturated carbocycles. The molecule has 4 aromatic rings. The minimum absolute atomic E-state index is 0.0856. The van der Waals surface area contributed by atoms with Gasteiger partial charge >= 0.3 is 18.0 Å². The highest BCUT2D eigenvalue weighted by Gasteiger charge is 2.51. The molecule has 1 saturated heterocycles. The molecular weight excluding hydrogens is 586 g/mol. The van der Waals surface area contributed by atoms with Crippen LogP contribution in [0.2, 0.25) is 0 Å². The van der Waals surface area contributed by atoms with Crippen LogP contribution in [0.5, 0.6) is 11.9 Å². The van der Waals surface area contributed by atoms with Crippen molar-refractivity contribution in [1.82, 2.24) is 24.6 Å². The Morgan fingerprint density at radius 2 is 1.77 bits per heavy atom. The van der Waals surface area contributed by atoms with Gasteiger partial charge in [0.25, 0.3) is 0 Å². The van der Waals surface area contributed by atoms with Crippen molar-refractivity contribution in [2.75, 3.05) is 23.3 Å². The van der Waals surface area contributed by atoms with Gasteiger partial charge in [0.05, 0.1) is 30.0 Å². The molecule has 0 spiro atoms. The normalized spacial score (nSPS) is 16.7. The zero-order chi connectivity index (χ0) is 32.0. The third-order valence-corrected chi connectivity index (χ3v) is 6.16. The quantitative estimate of drug-likeness (QED) is 0.264. The average Bonchev–Trinajstić information content (AvgIpc) is 3.47. The summed E-state index contributed by atoms with van der Waals surface area (Å²) in [6, 6.07) is 4.05. The Hall–Kier alpha value is -4.69. The van der Waals surface area contributed by atoms with Gasteiger partial charge in [-0.25, -0.2) is 36.8 Å². The summed E-state index contributed by atoms with van der Waals surface area (Å²) in [5.74, 6) is -5.26. The fourth-order valence-electron chi connectivity index (χ4n) is 4.40. The molecule has 11 nitrogen and oxygen atoms in total. The smallest absolute Gasteiger partial charge is 0.412 e. The van der Waals surface area contributed by atoms with Crippen LogP contribution in [0.1, 0.15) is 41.5 Å². The molecule has 1 aliphatic rings. The number of imidazole rings is 1. The highest BCUT2D eigenvalue weighted by Crippen LogP contribution is 2.38. The summed E-state index contributed by atoms with van der Waals surface area (Å²) in [4.78, 5) is 26.8. The minimum Gasteiger partial charge on any atom is -0.471 e. The van der Waals surface area contributed by atoms with Gasteiger partial charge in [0.2, 0.25) is 5.88 Å². The van der Waals surface area contributed by atoms with Crippen LogP contribution in [0.15, 0.2) is 42.9 Å². The number of ether oxygens (including phenoxy) is 3. The number of hydrogen-bond donors (Lipinski definition) is 1. The topological polar surface area (TPSA) is 116 Å². The summed E-state index contributed by atoms with van der Waals surface area (Å²) in [7, 11) is 0. The summed E-state index contributed by atoms with van der Waals surface area (Å²) >= 11 is 0. The molecule has 234 valence electrons. The third-order valence-electron chi connectivity index (χ3n) is 6.16. The number of rotatable bonds is 6. The number of carbonyl (C=O) groups excluding carboxylic acids is 1. The number of nitrogens with one attached hydrogen (secondary N) is 1. The Morgan fingerprint density at radius 3 is 2.45 bits per heavy atom. The van der Waals surface area contributed by atoms with Crippen molar-refractivity contribution >= 4 is 23.1 Å². The van der Waals surface area contributed by atoms with Gasteiger partial charge in [0, 0.05) is 24.7 Å². The predicted molar refractivity (Wildman–Crippen MR) is 152 cm³/mol. The van der Waals surface area contributed by atoms with Gasteiger partial charge < -0.3 is 19.1 Å². The zero-order valence-electron chi connectivity index (χ0n) is 24.9. The maximum absolute atomic E-state index is 15.2. The van der Waals surface area contributed by atoms with Gasteiger partial charge in [-0.3, -0.25) is 5.32 Å². The molecule has 5 rings (SSSR count). The van der Waals surface area contributed by atoms with E-state index < -0.39 is 59.7 Å². The van der Waals surface area contributed by atoms with Crippen LogP contribution in [0.25, 0.3) is 16.9 Å². The van der Waals surface area contributed by atoms with Crippen LogP contribution in [0.4, 0.5) is 33.7 Å². The van der Waals surface area contributed by atoms with E-state index in [1.165, 1.54) is 21.8 Å². The Labute approximate surface area is 250 Å². The largest absolute Gasteiger partial charge is 0.471 e. The van der Waals surface area contributed by atoms with Gasteiger partial charge in [0.15, 0.2) is 11.8 Å². The molecule has 1 amide bonds. The second-order valence-electron chi connectivity index (χ2n) is 12.2. The predicted octanol–water partition coefficient (Wildman–Crippen LogP) is 5.89.